The van der Waals surface area contributed by atoms with Crippen LogP contribution in [0, 0.1) is 25.1 Å². The van der Waals surface area contributed by atoms with Crippen molar-refractivity contribution >= 4 is 23.8 Å². The van der Waals surface area contributed by atoms with Gasteiger partial charge in [-0.05, 0) is 0 Å². The van der Waals surface area contributed by atoms with E-state index < -0.39 is 8.24 Å². The molecule has 2 aromatic rings. The first-order chi connectivity index (χ1) is 9.96. The van der Waals surface area contributed by atoms with Crippen molar-refractivity contribution in [2.45, 2.75) is 59.7 Å². The van der Waals surface area contributed by atoms with Crippen LogP contribution in [0.4, 0.5) is 0 Å². The van der Waals surface area contributed by atoms with E-state index in [-0.39, 0.29) is 0 Å². The Morgan fingerprint density at radius 3 is 1.91 bits per heavy atom. The van der Waals surface area contributed by atoms with Crippen LogP contribution in [0.2, 0.25) is 18.1 Å². The first kappa shape index (κ1) is 17.5. The van der Waals surface area contributed by atoms with Crippen LogP contribution in [0.15, 0.2) is 24.5 Å². The Balaban J connectivity index is 2.67. The Bertz CT molecular complexity index is 737. The molecule has 0 spiro atoms. The van der Waals surface area contributed by atoms with Gasteiger partial charge < -0.3 is 0 Å². The number of hydrogen-bond donors (Lipinski definition) is 0. The molecule has 4 heteroatoms. The number of imidazole rings is 1. The van der Waals surface area contributed by atoms with Crippen molar-refractivity contribution in [3.63, 3.8) is 0 Å². The number of aryl methyl sites for hydroxylation is 3. The molecule has 1 aromatic carbocycles. The van der Waals surface area contributed by atoms with Gasteiger partial charge in [0.1, 0.15) is 0 Å². The summed E-state index contributed by atoms with van der Waals surface area (Å²) in [7, 11) is -1.62. The Labute approximate surface area is 143 Å². The Morgan fingerprint density at radius 2 is 1.45 bits per heavy atom. The number of aromatic nitrogens is 2. The van der Waals surface area contributed by atoms with E-state index in [0.717, 1.165) is 0 Å². The van der Waals surface area contributed by atoms with Crippen LogP contribution in [-0.2, 0) is 0 Å². The van der Waals surface area contributed by atoms with E-state index in [9.17, 15) is 0 Å². The second-order valence-corrected chi connectivity index (χ2v) is 13.7. The SMILES string of the molecule is Cc1cc(C)c(-n2ccn([Si](C)(C)C(C)(C)C)c2=[Se])c(C)c1. The first-order valence-electron chi connectivity index (χ1n) is 7.85. The van der Waals surface area contributed by atoms with Gasteiger partial charge in [0, 0.05) is 0 Å². The van der Waals surface area contributed by atoms with Crippen LogP contribution >= 0.6 is 0 Å². The van der Waals surface area contributed by atoms with Gasteiger partial charge in [0.05, 0.1) is 0 Å². The van der Waals surface area contributed by atoms with Crippen molar-refractivity contribution in [1.82, 2.24) is 8.80 Å². The molecule has 0 N–H and O–H groups in total. The summed E-state index contributed by atoms with van der Waals surface area (Å²) in [5.74, 6) is 0. The maximum atomic E-state index is 3.33. The molecule has 0 saturated carbocycles. The van der Waals surface area contributed by atoms with E-state index in [4.69, 9.17) is 0 Å². The summed E-state index contributed by atoms with van der Waals surface area (Å²) in [6.07, 6.45) is 4.46. The van der Waals surface area contributed by atoms with E-state index in [1.807, 2.05) is 0 Å². The van der Waals surface area contributed by atoms with Crippen molar-refractivity contribution in [3.8, 4) is 5.69 Å². The Kier molecular flexibility index (Phi) is 4.51. The Hall–Kier alpha value is -0.834. The monoisotopic (exact) mass is 380 g/mol. The predicted octanol–water partition coefficient (Wildman–Crippen LogP) is 4.76. The van der Waals surface area contributed by atoms with Crippen molar-refractivity contribution in [2.75, 3.05) is 0 Å². The molecule has 0 radical (unpaired) electrons. The average molecular weight is 379 g/mol. The minimum absolute atomic E-state index is 0.305. The summed E-state index contributed by atoms with van der Waals surface area (Å²) in [6, 6.07) is 4.52. The number of rotatable bonds is 2. The van der Waals surface area contributed by atoms with Crippen molar-refractivity contribution in [2.24, 2.45) is 0 Å². The predicted molar refractivity (Wildman–Crippen MR) is 99.6 cm³/mol. The van der Waals surface area contributed by atoms with Gasteiger partial charge in [-0.1, -0.05) is 0 Å². The minimum atomic E-state index is -1.62. The molecule has 2 rings (SSSR count). The molecule has 0 amide bonds. The van der Waals surface area contributed by atoms with Crippen LogP contribution in [0.1, 0.15) is 37.5 Å². The van der Waals surface area contributed by atoms with Crippen LogP contribution < -0.4 is 0 Å². The Morgan fingerprint density at radius 1 is 0.955 bits per heavy atom. The van der Waals surface area contributed by atoms with Gasteiger partial charge in [-0.2, -0.15) is 0 Å². The second-order valence-electron chi connectivity index (χ2n) is 7.88. The third kappa shape index (κ3) is 2.84. The summed E-state index contributed by atoms with van der Waals surface area (Å²) in [5.41, 5.74) is 5.28. The molecular formula is C18H28N2SeSi. The van der Waals surface area contributed by atoms with Crippen LogP contribution in [-0.4, -0.2) is 32.6 Å². The van der Waals surface area contributed by atoms with E-state index in [1.54, 1.807) is 0 Å². The molecule has 1 aromatic heterocycles. The number of hydrogen-bond acceptors (Lipinski definition) is 0. The molecule has 0 aliphatic carbocycles. The zero-order chi connectivity index (χ0) is 16.9. The van der Waals surface area contributed by atoms with Crippen LogP contribution in [0.25, 0.3) is 5.69 Å². The van der Waals surface area contributed by atoms with Crippen LogP contribution in [0.5, 0.6) is 0 Å². The van der Waals surface area contributed by atoms with Gasteiger partial charge in [0.2, 0.25) is 0 Å². The van der Waals surface area contributed by atoms with E-state index >= 15 is 0 Å². The van der Waals surface area contributed by atoms with Gasteiger partial charge in [0.15, 0.2) is 0 Å². The third-order valence-electron chi connectivity index (χ3n) is 5.09. The normalized spacial score (nSPS) is 12.7. The molecule has 0 saturated heterocycles. The third-order valence-corrected chi connectivity index (χ3v) is 11.5. The first-order valence-corrected chi connectivity index (χ1v) is 11.7. The number of benzene rings is 1. The van der Waals surface area contributed by atoms with Gasteiger partial charge in [-0.25, -0.2) is 0 Å². The molecule has 0 unspecified atom stereocenters. The van der Waals surface area contributed by atoms with E-state index in [2.05, 4.69) is 104 Å². The fourth-order valence-corrected chi connectivity index (χ4v) is 6.52. The second kappa shape index (κ2) is 5.66. The standard InChI is InChI=1S/C18H28N2SeSi/c1-13-11-14(2)16(15(3)12-13)19-9-10-20(17(19)21)22(7,8)18(4,5)6/h9-12H,1-8H3. The molecule has 0 atom stereocenters. The number of nitrogens with zero attached hydrogens (tertiary/aromatic N) is 2. The summed E-state index contributed by atoms with van der Waals surface area (Å²) in [4.78, 5) is 0. The molecule has 0 bridgehead atoms. The van der Waals surface area contributed by atoms with Gasteiger partial charge in [-0.3, -0.25) is 0 Å². The quantitative estimate of drug-likeness (QED) is 0.666. The van der Waals surface area contributed by atoms with E-state index in [1.165, 1.54) is 26.7 Å². The topological polar surface area (TPSA) is 9.86 Å². The molecule has 22 heavy (non-hydrogen) atoms. The summed E-state index contributed by atoms with van der Waals surface area (Å²) in [6.45, 7) is 18.5. The fraction of sp³-hybridized carbons (Fsp3) is 0.500. The molecule has 2 nitrogen and oxygen atoms in total. The molecule has 0 fully saturated rings. The van der Waals surface area contributed by atoms with Crippen LogP contribution in [0.3, 0.4) is 0 Å². The summed E-state index contributed by atoms with van der Waals surface area (Å²) >= 11 is 3.33. The summed E-state index contributed by atoms with van der Waals surface area (Å²) < 4.78 is 6.01. The molecular weight excluding hydrogens is 351 g/mol. The molecule has 1 heterocycles. The fourth-order valence-electron chi connectivity index (χ4n) is 2.89. The summed E-state index contributed by atoms with van der Waals surface area (Å²) in [5, 5.41) is 0.305. The van der Waals surface area contributed by atoms with Crippen molar-refractivity contribution in [1.29, 1.82) is 0 Å². The maximum absolute atomic E-state index is 3.33. The van der Waals surface area contributed by atoms with Gasteiger partial charge in [0.25, 0.3) is 0 Å². The van der Waals surface area contributed by atoms with Gasteiger partial charge in [-0.15, -0.1) is 0 Å². The van der Waals surface area contributed by atoms with E-state index in [0.29, 0.717) is 5.04 Å². The zero-order valence-electron chi connectivity index (χ0n) is 15.1. The molecule has 0 aliphatic rings. The average Bonchev–Trinajstić information content (AvgIpc) is 2.69. The molecule has 120 valence electrons. The van der Waals surface area contributed by atoms with Gasteiger partial charge >= 0.3 is 144 Å². The zero-order valence-corrected chi connectivity index (χ0v) is 17.8. The molecule has 0 aliphatic heterocycles. The van der Waals surface area contributed by atoms with Crippen molar-refractivity contribution in [3.05, 3.63) is 45.5 Å². The van der Waals surface area contributed by atoms with Crippen molar-refractivity contribution < 1.29 is 0 Å².